The minimum Gasteiger partial charge on any atom is -0.360 e. The maximum atomic E-state index is 12.9. The van der Waals surface area contributed by atoms with Crippen molar-refractivity contribution in [3.05, 3.63) is 41.8 Å². The number of benzene rings is 1. The standard InChI is InChI=1S/C16H21FN4/c1-4-5-10-21(3)15-11-12(2)18-16(20-15)19-14-8-6-13(17)7-9-14/h6-9,11H,4-5,10H2,1-3H3,(H,18,19,20). The van der Waals surface area contributed by atoms with E-state index in [4.69, 9.17) is 0 Å². The van der Waals surface area contributed by atoms with Crippen LogP contribution in [0.25, 0.3) is 0 Å². The molecule has 0 aliphatic heterocycles. The number of nitrogens with zero attached hydrogens (tertiary/aromatic N) is 3. The van der Waals surface area contributed by atoms with Crippen molar-refractivity contribution in [3.63, 3.8) is 0 Å². The molecule has 0 aliphatic rings. The van der Waals surface area contributed by atoms with E-state index in [2.05, 4.69) is 27.1 Å². The van der Waals surface area contributed by atoms with Gasteiger partial charge in [-0.25, -0.2) is 9.37 Å². The van der Waals surface area contributed by atoms with Crippen LogP contribution in [0.4, 0.5) is 21.8 Å². The predicted octanol–water partition coefficient (Wildman–Crippen LogP) is 3.90. The lowest BCUT2D eigenvalue weighted by Gasteiger charge is -2.19. The van der Waals surface area contributed by atoms with E-state index >= 15 is 0 Å². The van der Waals surface area contributed by atoms with Crippen molar-refractivity contribution in [1.82, 2.24) is 9.97 Å². The minimum absolute atomic E-state index is 0.259. The summed E-state index contributed by atoms with van der Waals surface area (Å²) in [5.41, 5.74) is 1.66. The molecule has 1 aromatic heterocycles. The Labute approximate surface area is 125 Å². The van der Waals surface area contributed by atoms with E-state index in [1.54, 1.807) is 12.1 Å². The van der Waals surface area contributed by atoms with Crippen molar-refractivity contribution in [2.75, 3.05) is 23.8 Å². The second-order valence-electron chi connectivity index (χ2n) is 5.10. The summed E-state index contributed by atoms with van der Waals surface area (Å²) in [7, 11) is 2.03. The average Bonchev–Trinajstić information content (AvgIpc) is 2.46. The molecule has 2 aromatic rings. The molecule has 0 unspecified atom stereocenters. The van der Waals surface area contributed by atoms with Crippen molar-refractivity contribution >= 4 is 17.5 Å². The highest BCUT2D eigenvalue weighted by molar-refractivity contribution is 5.55. The minimum atomic E-state index is -0.259. The molecule has 0 amide bonds. The Hall–Kier alpha value is -2.17. The highest BCUT2D eigenvalue weighted by Gasteiger charge is 2.07. The maximum absolute atomic E-state index is 12.9. The van der Waals surface area contributed by atoms with Gasteiger partial charge in [-0.15, -0.1) is 0 Å². The van der Waals surface area contributed by atoms with Crippen LogP contribution in [0, 0.1) is 12.7 Å². The molecule has 1 heterocycles. The van der Waals surface area contributed by atoms with Crippen molar-refractivity contribution in [1.29, 1.82) is 0 Å². The molecule has 4 nitrogen and oxygen atoms in total. The number of hydrogen-bond donors (Lipinski definition) is 1. The zero-order valence-electron chi connectivity index (χ0n) is 12.7. The lowest BCUT2D eigenvalue weighted by molar-refractivity contribution is 0.628. The van der Waals surface area contributed by atoms with Gasteiger partial charge in [0.1, 0.15) is 11.6 Å². The summed E-state index contributed by atoms with van der Waals surface area (Å²) in [5, 5.41) is 3.11. The number of aryl methyl sites for hydroxylation is 1. The molecule has 0 bridgehead atoms. The van der Waals surface area contributed by atoms with Crippen LogP contribution in [-0.4, -0.2) is 23.6 Å². The van der Waals surface area contributed by atoms with Crippen LogP contribution < -0.4 is 10.2 Å². The van der Waals surface area contributed by atoms with E-state index in [0.717, 1.165) is 36.6 Å². The first kappa shape index (κ1) is 15.2. The molecule has 0 aliphatic carbocycles. The molecule has 21 heavy (non-hydrogen) atoms. The molecule has 0 atom stereocenters. The van der Waals surface area contributed by atoms with Crippen LogP contribution >= 0.6 is 0 Å². The predicted molar refractivity (Wildman–Crippen MR) is 84.6 cm³/mol. The lowest BCUT2D eigenvalue weighted by atomic mass is 10.3. The third kappa shape index (κ3) is 4.41. The van der Waals surface area contributed by atoms with Gasteiger partial charge in [-0.1, -0.05) is 13.3 Å². The zero-order chi connectivity index (χ0) is 15.2. The Balaban J connectivity index is 2.16. The summed E-state index contributed by atoms with van der Waals surface area (Å²) in [6, 6.07) is 8.12. The molecule has 2 rings (SSSR count). The number of hydrogen-bond acceptors (Lipinski definition) is 4. The number of anilines is 3. The normalized spacial score (nSPS) is 10.5. The van der Waals surface area contributed by atoms with E-state index in [1.165, 1.54) is 12.1 Å². The highest BCUT2D eigenvalue weighted by Crippen LogP contribution is 2.18. The van der Waals surface area contributed by atoms with E-state index in [0.29, 0.717) is 5.95 Å². The molecular weight excluding hydrogens is 267 g/mol. The van der Waals surface area contributed by atoms with Crippen molar-refractivity contribution in [3.8, 4) is 0 Å². The largest absolute Gasteiger partial charge is 0.360 e. The summed E-state index contributed by atoms with van der Waals surface area (Å²) in [6.07, 6.45) is 2.27. The second kappa shape index (κ2) is 7.02. The van der Waals surface area contributed by atoms with Crippen LogP contribution in [0.3, 0.4) is 0 Å². The molecule has 5 heteroatoms. The second-order valence-corrected chi connectivity index (χ2v) is 5.10. The molecule has 0 saturated heterocycles. The average molecular weight is 288 g/mol. The topological polar surface area (TPSA) is 41.1 Å². The molecule has 0 radical (unpaired) electrons. The zero-order valence-corrected chi connectivity index (χ0v) is 12.7. The number of rotatable bonds is 6. The fraction of sp³-hybridized carbons (Fsp3) is 0.375. The third-order valence-electron chi connectivity index (χ3n) is 3.18. The van der Waals surface area contributed by atoms with Crippen LogP contribution in [-0.2, 0) is 0 Å². The van der Waals surface area contributed by atoms with Gasteiger partial charge in [-0.05, 0) is 37.6 Å². The van der Waals surface area contributed by atoms with Gasteiger partial charge >= 0.3 is 0 Å². The van der Waals surface area contributed by atoms with E-state index in [9.17, 15) is 4.39 Å². The van der Waals surface area contributed by atoms with E-state index in [-0.39, 0.29) is 5.82 Å². The quantitative estimate of drug-likeness (QED) is 0.875. The molecular formula is C16H21FN4. The van der Waals surface area contributed by atoms with Crippen LogP contribution in [0.2, 0.25) is 0 Å². The van der Waals surface area contributed by atoms with Gasteiger partial charge in [-0.3, -0.25) is 0 Å². The number of unbranched alkanes of at least 4 members (excludes halogenated alkanes) is 1. The van der Waals surface area contributed by atoms with Crippen molar-refractivity contribution in [2.24, 2.45) is 0 Å². The third-order valence-corrected chi connectivity index (χ3v) is 3.18. The first-order valence-corrected chi connectivity index (χ1v) is 7.18. The van der Waals surface area contributed by atoms with E-state index in [1.807, 2.05) is 20.0 Å². The summed E-state index contributed by atoms with van der Waals surface area (Å²) in [6.45, 7) is 5.07. The Bertz CT molecular complexity index is 583. The first-order chi connectivity index (χ1) is 10.1. The molecule has 1 N–H and O–H groups in total. The highest BCUT2D eigenvalue weighted by atomic mass is 19.1. The maximum Gasteiger partial charge on any atom is 0.229 e. The summed E-state index contributed by atoms with van der Waals surface area (Å²) >= 11 is 0. The molecule has 0 saturated carbocycles. The SMILES string of the molecule is CCCCN(C)c1cc(C)nc(Nc2ccc(F)cc2)n1. The monoisotopic (exact) mass is 288 g/mol. The van der Waals surface area contributed by atoms with Gasteiger partial charge in [0.15, 0.2) is 0 Å². The smallest absolute Gasteiger partial charge is 0.229 e. The fourth-order valence-electron chi connectivity index (χ4n) is 1.98. The van der Waals surface area contributed by atoms with Crippen LogP contribution in [0.15, 0.2) is 30.3 Å². The van der Waals surface area contributed by atoms with Gasteiger partial charge in [0.05, 0.1) is 0 Å². The van der Waals surface area contributed by atoms with Gasteiger partial charge in [0.2, 0.25) is 5.95 Å². The van der Waals surface area contributed by atoms with E-state index < -0.39 is 0 Å². The van der Waals surface area contributed by atoms with Crippen LogP contribution in [0.5, 0.6) is 0 Å². The molecule has 0 fully saturated rings. The summed E-state index contributed by atoms with van der Waals surface area (Å²) in [5.74, 6) is 1.16. The Morgan fingerprint density at radius 3 is 2.57 bits per heavy atom. The summed E-state index contributed by atoms with van der Waals surface area (Å²) in [4.78, 5) is 11.0. The molecule has 1 aromatic carbocycles. The van der Waals surface area contributed by atoms with Gasteiger partial charge in [0.25, 0.3) is 0 Å². The number of nitrogens with one attached hydrogen (secondary N) is 1. The fourth-order valence-corrected chi connectivity index (χ4v) is 1.98. The van der Waals surface area contributed by atoms with Gasteiger partial charge in [0, 0.05) is 31.0 Å². The number of halogens is 1. The lowest BCUT2D eigenvalue weighted by Crippen LogP contribution is -2.20. The van der Waals surface area contributed by atoms with Gasteiger partial charge < -0.3 is 10.2 Å². The molecule has 112 valence electrons. The van der Waals surface area contributed by atoms with Crippen molar-refractivity contribution < 1.29 is 4.39 Å². The number of aromatic nitrogens is 2. The Morgan fingerprint density at radius 1 is 1.19 bits per heavy atom. The molecule has 0 spiro atoms. The Morgan fingerprint density at radius 2 is 1.90 bits per heavy atom. The van der Waals surface area contributed by atoms with Crippen LogP contribution in [0.1, 0.15) is 25.5 Å². The Kier molecular flexibility index (Phi) is 5.09. The van der Waals surface area contributed by atoms with Gasteiger partial charge in [-0.2, -0.15) is 4.98 Å². The van der Waals surface area contributed by atoms with Crippen molar-refractivity contribution in [2.45, 2.75) is 26.7 Å². The summed E-state index contributed by atoms with van der Waals surface area (Å²) < 4.78 is 12.9. The first-order valence-electron chi connectivity index (χ1n) is 7.18.